The number of nitrogens with one attached hydrogen (secondary N) is 1. The van der Waals surface area contributed by atoms with E-state index in [0.717, 1.165) is 5.92 Å². The molecule has 0 unspecified atom stereocenters. The van der Waals surface area contributed by atoms with E-state index < -0.39 is 0 Å². The summed E-state index contributed by atoms with van der Waals surface area (Å²) in [6, 6.07) is 8.77. The Morgan fingerprint density at radius 2 is 2.12 bits per heavy atom. The van der Waals surface area contributed by atoms with E-state index in [1.165, 1.54) is 49.9 Å². The number of rotatable bonds is 4. The molecule has 0 spiro atoms. The molecule has 1 saturated heterocycles. The second-order valence-electron chi connectivity index (χ2n) is 4.89. The van der Waals surface area contributed by atoms with Crippen molar-refractivity contribution in [3.05, 3.63) is 41.8 Å². The molecule has 1 nitrogen and oxygen atoms in total. The van der Waals surface area contributed by atoms with Crippen molar-refractivity contribution in [3.8, 4) is 0 Å². The molecule has 1 aromatic carbocycles. The van der Waals surface area contributed by atoms with Crippen molar-refractivity contribution >= 4 is 0 Å². The number of aryl methyl sites for hydroxylation is 1. The van der Waals surface area contributed by atoms with Gasteiger partial charge in [-0.2, -0.15) is 0 Å². The summed E-state index contributed by atoms with van der Waals surface area (Å²) in [5, 5.41) is 3.42. The van der Waals surface area contributed by atoms with Crippen LogP contribution in [0.2, 0.25) is 0 Å². The van der Waals surface area contributed by atoms with Gasteiger partial charge in [0.2, 0.25) is 0 Å². The van der Waals surface area contributed by atoms with Crippen LogP contribution in [0, 0.1) is 19.3 Å². The van der Waals surface area contributed by atoms with E-state index in [4.69, 9.17) is 0 Å². The first-order valence-corrected chi connectivity index (χ1v) is 6.45. The fourth-order valence-corrected chi connectivity index (χ4v) is 2.45. The van der Waals surface area contributed by atoms with Crippen molar-refractivity contribution in [2.24, 2.45) is 5.92 Å². The smallest absolute Gasteiger partial charge is 0.00463 e. The fraction of sp³-hybridized carbons (Fsp3) is 0.533. The maximum Gasteiger partial charge on any atom is -0.00463 e. The highest BCUT2D eigenvalue weighted by atomic mass is 14.9. The number of piperidine rings is 1. The molecule has 1 aliphatic heterocycles. The van der Waals surface area contributed by atoms with Crippen LogP contribution in [-0.2, 0) is 0 Å². The molecule has 0 atom stereocenters. The molecule has 1 radical (unpaired) electrons. The van der Waals surface area contributed by atoms with Gasteiger partial charge in [0.05, 0.1) is 0 Å². The fourth-order valence-electron chi connectivity index (χ4n) is 2.45. The highest BCUT2D eigenvalue weighted by Crippen LogP contribution is 2.20. The highest BCUT2D eigenvalue weighted by Gasteiger charge is 2.12. The zero-order valence-corrected chi connectivity index (χ0v) is 10.2. The van der Waals surface area contributed by atoms with Gasteiger partial charge in [0.15, 0.2) is 0 Å². The molecule has 1 aromatic rings. The van der Waals surface area contributed by atoms with Crippen molar-refractivity contribution in [2.45, 2.75) is 32.6 Å². The zero-order chi connectivity index (χ0) is 11.2. The Morgan fingerprint density at radius 3 is 2.88 bits per heavy atom. The molecular formula is C15H22N. The quantitative estimate of drug-likeness (QED) is 0.814. The lowest BCUT2D eigenvalue weighted by molar-refractivity contribution is 0.354. The van der Waals surface area contributed by atoms with E-state index in [2.05, 4.69) is 42.9 Å². The minimum absolute atomic E-state index is 0.947. The number of hydrogen-bond donors (Lipinski definition) is 1. The summed E-state index contributed by atoms with van der Waals surface area (Å²) in [6.45, 7) is 4.59. The lowest BCUT2D eigenvalue weighted by Gasteiger charge is -2.22. The first-order valence-electron chi connectivity index (χ1n) is 6.45. The molecule has 0 amide bonds. The van der Waals surface area contributed by atoms with Crippen LogP contribution in [0.25, 0.3) is 0 Å². The summed E-state index contributed by atoms with van der Waals surface area (Å²) in [7, 11) is 0. The second-order valence-corrected chi connectivity index (χ2v) is 4.89. The summed E-state index contributed by atoms with van der Waals surface area (Å²) in [6.07, 6.45) is 7.70. The Hall–Kier alpha value is -0.820. The maximum atomic E-state index is 3.42. The third-order valence-corrected chi connectivity index (χ3v) is 3.46. The van der Waals surface area contributed by atoms with E-state index in [9.17, 15) is 0 Å². The average Bonchev–Trinajstić information content (AvgIpc) is 2.30. The minimum Gasteiger partial charge on any atom is -0.317 e. The maximum absolute atomic E-state index is 3.42. The van der Waals surface area contributed by atoms with Crippen LogP contribution >= 0.6 is 0 Å². The third kappa shape index (κ3) is 3.64. The first kappa shape index (κ1) is 11.7. The Kier molecular flexibility index (Phi) is 4.41. The van der Waals surface area contributed by atoms with Gasteiger partial charge in [-0.1, -0.05) is 29.8 Å². The largest absolute Gasteiger partial charge is 0.317 e. The van der Waals surface area contributed by atoms with Gasteiger partial charge in [0.1, 0.15) is 0 Å². The third-order valence-electron chi connectivity index (χ3n) is 3.46. The van der Waals surface area contributed by atoms with Gasteiger partial charge >= 0.3 is 0 Å². The van der Waals surface area contributed by atoms with Crippen LogP contribution in [0.5, 0.6) is 0 Å². The summed E-state index contributed by atoms with van der Waals surface area (Å²) >= 11 is 0. The van der Waals surface area contributed by atoms with Crippen molar-refractivity contribution in [1.29, 1.82) is 0 Å². The van der Waals surface area contributed by atoms with Gasteiger partial charge in [-0.05, 0) is 63.6 Å². The van der Waals surface area contributed by atoms with Crippen molar-refractivity contribution in [2.75, 3.05) is 13.1 Å². The highest BCUT2D eigenvalue weighted by molar-refractivity contribution is 5.27. The topological polar surface area (TPSA) is 12.0 Å². The summed E-state index contributed by atoms with van der Waals surface area (Å²) in [4.78, 5) is 0. The van der Waals surface area contributed by atoms with Crippen LogP contribution in [0.3, 0.4) is 0 Å². The Bertz CT molecular complexity index is 313. The lowest BCUT2D eigenvalue weighted by Crippen LogP contribution is -2.27. The molecule has 1 N–H and O–H groups in total. The molecule has 87 valence electrons. The van der Waals surface area contributed by atoms with E-state index >= 15 is 0 Å². The number of hydrogen-bond acceptors (Lipinski definition) is 1. The molecule has 0 aliphatic carbocycles. The molecule has 1 fully saturated rings. The lowest BCUT2D eigenvalue weighted by atomic mass is 9.91. The minimum atomic E-state index is 0.947. The molecular weight excluding hydrogens is 194 g/mol. The van der Waals surface area contributed by atoms with Gasteiger partial charge in [-0.3, -0.25) is 0 Å². The van der Waals surface area contributed by atoms with Crippen LogP contribution in [0.1, 0.15) is 36.8 Å². The Labute approximate surface area is 99.3 Å². The second kappa shape index (κ2) is 6.05. The Morgan fingerprint density at radius 1 is 1.31 bits per heavy atom. The predicted octanol–water partition coefficient (Wildman–Crippen LogP) is 3.33. The first-order chi connectivity index (χ1) is 7.84. The molecule has 0 saturated carbocycles. The number of benzene rings is 1. The van der Waals surface area contributed by atoms with Gasteiger partial charge in [0, 0.05) is 0 Å². The summed E-state index contributed by atoms with van der Waals surface area (Å²) in [5.41, 5.74) is 2.74. The van der Waals surface area contributed by atoms with Crippen molar-refractivity contribution < 1.29 is 0 Å². The molecule has 1 heteroatoms. The van der Waals surface area contributed by atoms with Crippen LogP contribution in [0.4, 0.5) is 0 Å². The SMILES string of the molecule is Cc1cccc([CH]CCC2CCNCC2)c1. The van der Waals surface area contributed by atoms with Crippen molar-refractivity contribution in [1.82, 2.24) is 5.32 Å². The molecule has 0 bridgehead atoms. The molecule has 2 rings (SSSR count). The molecule has 1 aliphatic rings. The monoisotopic (exact) mass is 216 g/mol. The standard InChI is InChI=1S/C15H22N/c1-13-4-2-6-15(12-13)7-3-5-14-8-10-16-11-9-14/h2,4,6-7,12,14,16H,3,5,8-11H2,1H3. The van der Waals surface area contributed by atoms with Gasteiger partial charge in [0.25, 0.3) is 0 Å². The summed E-state index contributed by atoms with van der Waals surface area (Å²) in [5.74, 6) is 0.947. The molecule has 0 aromatic heterocycles. The van der Waals surface area contributed by atoms with E-state index in [1.54, 1.807) is 0 Å². The summed E-state index contributed by atoms with van der Waals surface area (Å²) < 4.78 is 0. The molecule has 16 heavy (non-hydrogen) atoms. The van der Waals surface area contributed by atoms with E-state index in [-0.39, 0.29) is 0 Å². The van der Waals surface area contributed by atoms with E-state index in [0.29, 0.717) is 0 Å². The predicted molar refractivity (Wildman–Crippen MR) is 69.4 cm³/mol. The van der Waals surface area contributed by atoms with Crippen LogP contribution in [0.15, 0.2) is 24.3 Å². The van der Waals surface area contributed by atoms with E-state index in [1.807, 2.05) is 0 Å². The van der Waals surface area contributed by atoms with Gasteiger partial charge < -0.3 is 5.32 Å². The van der Waals surface area contributed by atoms with Crippen molar-refractivity contribution in [3.63, 3.8) is 0 Å². The average molecular weight is 216 g/mol. The van der Waals surface area contributed by atoms with Gasteiger partial charge in [-0.25, -0.2) is 0 Å². The van der Waals surface area contributed by atoms with Crippen LogP contribution < -0.4 is 5.32 Å². The molecule has 1 heterocycles. The Balaban J connectivity index is 1.71. The van der Waals surface area contributed by atoms with Crippen LogP contribution in [-0.4, -0.2) is 13.1 Å². The zero-order valence-electron chi connectivity index (χ0n) is 10.2. The normalized spacial score (nSPS) is 17.6. The van der Waals surface area contributed by atoms with Gasteiger partial charge in [-0.15, -0.1) is 0 Å².